The van der Waals surface area contributed by atoms with Crippen molar-refractivity contribution in [3.8, 4) is 0 Å². The van der Waals surface area contributed by atoms with E-state index in [1.54, 1.807) is 7.11 Å². The van der Waals surface area contributed by atoms with E-state index in [2.05, 4.69) is 21.5 Å². The molecule has 2 saturated carbocycles. The zero-order valence-corrected chi connectivity index (χ0v) is 13.2. The third-order valence-corrected chi connectivity index (χ3v) is 5.30. The molecule has 21 heavy (non-hydrogen) atoms. The van der Waals surface area contributed by atoms with Gasteiger partial charge in [-0.25, -0.2) is 9.13 Å². The normalized spacial score (nSPS) is 23.3. The van der Waals surface area contributed by atoms with Crippen molar-refractivity contribution in [2.24, 2.45) is 0 Å². The number of rotatable bonds is 4. The Balaban J connectivity index is 1.90. The van der Waals surface area contributed by atoms with Crippen molar-refractivity contribution in [3.05, 3.63) is 18.2 Å². The average Bonchev–Trinajstić information content (AvgIpc) is 3.00. The first-order chi connectivity index (χ1) is 10.3. The lowest BCUT2D eigenvalue weighted by molar-refractivity contribution is -0.738. The SMILES string of the molecule is COC(O)c1n(C2CCCCC2)cc[n+]1C1CCCCC1. The van der Waals surface area contributed by atoms with Gasteiger partial charge in [-0.1, -0.05) is 12.8 Å². The number of aromatic nitrogens is 2. The highest BCUT2D eigenvalue weighted by atomic mass is 16.6. The van der Waals surface area contributed by atoms with Gasteiger partial charge in [0, 0.05) is 7.11 Å². The standard InChI is InChI=1S/C17H29N2O2/c1-21-17(20)16-18(14-8-4-2-5-9-14)12-13-19(16)15-10-6-3-7-11-15/h12-15,17,20H,2-11H2,1H3/q+1. The highest BCUT2D eigenvalue weighted by molar-refractivity contribution is 4.91. The summed E-state index contributed by atoms with van der Waals surface area (Å²) in [7, 11) is 1.59. The van der Waals surface area contributed by atoms with Crippen LogP contribution in [0, 0.1) is 0 Å². The highest BCUT2D eigenvalue weighted by Gasteiger charge is 2.34. The summed E-state index contributed by atoms with van der Waals surface area (Å²) in [5.41, 5.74) is 0. The quantitative estimate of drug-likeness (QED) is 0.682. The first kappa shape index (κ1) is 15.0. The van der Waals surface area contributed by atoms with Crippen LogP contribution >= 0.6 is 0 Å². The minimum absolute atomic E-state index is 0.531. The fourth-order valence-electron chi connectivity index (χ4n) is 4.13. The second-order valence-electron chi connectivity index (χ2n) is 6.64. The van der Waals surface area contributed by atoms with Crippen molar-refractivity contribution in [1.29, 1.82) is 0 Å². The summed E-state index contributed by atoms with van der Waals surface area (Å²) in [4.78, 5) is 0. The Morgan fingerprint density at radius 3 is 2.33 bits per heavy atom. The number of aliphatic hydroxyl groups excluding tert-OH is 1. The number of hydrogen-bond acceptors (Lipinski definition) is 2. The van der Waals surface area contributed by atoms with Gasteiger partial charge in [0.25, 0.3) is 6.29 Å². The Bertz CT molecular complexity index is 410. The number of hydrogen-bond donors (Lipinski definition) is 1. The molecule has 1 heterocycles. The second-order valence-corrected chi connectivity index (χ2v) is 6.64. The summed E-state index contributed by atoms with van der Waals surface area (Å²) < 4.78 is 9.86. The van der Waals surface area contributed by atoms with Crippen LogP contribution in [-0.2, 0) is 4.74 Å². The lowest BCUT2D eigenvalue weighted by atomic mass is 9.94. The van der Waals surface area contributed by atoms with Gasteiger partial charge in [0.05, 0.1) is 0 Å². The molecule has 0 bridgehead atoms. The maximum Gasteiger partial charge on any atom is 0.314 e. The van der Waals surface area contributed by atoms with Crippen LogP contribution in [0.15, 0.2) is 12.4 Å². The van der Waals surface area contributed by atoms with E-state index in [0.717, 1.165) is 5.82 Å². The van der Waals surface area contributed by atoms with Gasteiger partial charge in [-0.2, -0.15) is 0 Å². The number of imidazole rings is 1. The number of nitrogens with zero attached hydrogens (tertiary/aromatic N) is 2. The number of methoxy groups -OCH3 is 1. The second kappa shape index (κ2) is 6.93. The largest absolute Gasteiger partial charge is 0.358 e. The third-order valence-electron chi connectivity index (χ3n) is 5.30. The van der Waals surface area contributed by atoms with Crippen LogP contribution in [0.2, 0.25) is 0 Å². The van der Waals surface area contributed by atoms with Gasteiger partial charge in [-0.15, -0.1) is 0 Å². The molecule has 1 unspecified atom stereocenters. The molecular formula is C17H29N2O2+. The van der Waals surface area contributed by atoms with Crippen LogP contribution in [0.4, 0.5) is 0 Å². The molecule has 0 aliphatic heterocycles. The molecule has 0 aromatic carbocycles. The summed E-state index contributed by atoms with van der Waals surface area (Å²) >= 11 is 0. The predicted molar refractivity (Wildman–Crippen MR) is 80.8 cm³/mol. The summed E-state index contributed by atoms with van der Waals surface area (Å²) in [5, 5.41) is 10.4. The van der Waals surface area contributed by atoms with E-state index in [0.29, 0.717) is 12.1 Å². The van der Waals surface area contributed by atoms with Crippen molar-refractivity contribution in [3.63, 3.8) is 0 Å². The zero-order chi connectivity index (χ0) is 14.7. The summed E-state index contributed by atoms with van der Waals surface area (Å²) in [6.45, 7) is 0. The Morgan fingerprint density at radius 2 is 1.71 bits per heavy atom. The smallest absolute Gasteiger partial charge is 0.314 e. The van der Waals surface area contributed by atoms with Crippen LogP contribution in [0.25, 0.3) is 0 Å². The van der Waals surface area contributed by atoms with Gasteiger partial charge in [-0.3, -0.25) is 0 Å². The Labute approximate surface area is 127 Å². The predicted octanol–water partition coefficient (Wildman–Crippen LogP) is 3.42. The van der Waals surface area contributed by atoms with Gasteiger partial charge in [-0.05, 0) is 51.4 Å². The van der Waals surface area contributed by atoms with Crippen LogP contribution in [0.5, 0.6) is 0 Å². The fourth-order valence-corrected chi connectivity index (χ4v) is 4.13. The number of aliphatic hydroxyl groups is 1. The molecule has 2 aliphatic carbocycles. The molecule has 0 amide bonds. The van der Waals surface area contributed by atoms with E-state index in [9.17, 15) is 5.11 Å². The maximum absolute atomic E-state index is 10.4. The molecule has 1 atom stereocenters. The van der Waals surface area contributed by atoms with Crippen molar-refractivity contribution in [2.45, 2.75) is 82.6 Å². The molecule has 4 nitrogen and oxygen atoms in total. The van der Waals surface area contributed by atoms with Gasteiger partial charge in [0.15, 0.2) is 0 Å². The average molecular weight is 293 g/mol. The van der Waals surface area contributed by atoms with E-state index >= 15 is 0 Å². The van der Waals surface area contributed by atoms with Crippen LogP contribution in [0.1, 0.15) is 88.4 Å². The van der Waals surface area contributed by atoms with E-state index < -0.39 is 6.29 Å². The van der Waals surface area contributed by atoms with Crippen molar-refractivity contribution < 1.29 is 14.4 Å². The monoisotopic (exact) mass is 293 g/mol. The minimum Gasteiger partial charge on any atom is -0.358 e. The molecule has 2 aliphatic rings. The summed E-state index contributed by atoms with van der Waals surface area (Å²) in [5.74, 6) is 0.955. The number of ether oxygens (including phenoxy) is 1. The van der Waals surface area contributed by atoms with Crippen molar-refractivity contribution in [1.82, 2.24) is 4.57 Å². The van der Waals surface area contributed by atoms with Crippen LogP contribution in [0.3, 0.4) is 0 Å². The third kappa shape index (κ3) is 3.16. The fraction of sp³-hybridized carbons (Fsp3) is 0.824. The molecule has 1 aromatic heterocycles. The molecule has 0 saturated heterocycles. The Morgan fingerprint density at radius 1 is 1.10 bits per heavy atom. The van der Waals surface area contributed by atoms with Gasteiger partial charge >= 0.3 is 5.82 Å². The van der Waals surface area contributed by atoms with E-state index in [-0.39, 0.29) is 0 Å². The molecule has 1 N–H and O–H groups in total. The zero-order valence-electron chi connectivity index (χ0n) is 13.2. The molecule has 4 heteroatoms. The molecule has 2 fully saturated rings. The lowest BCUT2D eigenvalue weighted by Gasteiger charge is -2.24. The van der Waals surface area contributed by atoms with E-state index in [4.69, 9.17) is 4.74 Å². The summed E-state index contributed by atoms with van der Waals surface area (Å²) in [6, 6.07) is 1.06. The molecule has 3 rings (SSSR count). The van der Waals surface area contributed by atoms with Gasteiger partial charge in [0.1, 0.15) is 24.5 Å². The van der Waals surface area contributed by atoms with Crippen LogP contribution < -0.4 is 4.57 Å². The molecule has 0 radical (unpaired) electrons. The Kier molecular flexibility index (Phi) is 4.96. The van der Waals surface area contributed by atoms with E-state index in [1.807, 2.05) is 0 Å². The Hall–Kier alpha value is -0.870. The molecule has 118 valence electrons. The lowest BCUT2D eigenvalue weighted by Crippen LogP contribution is -2.45. The van der Waals surface area contributed by atoms with E-state index in [1.165, 1.54) is 64.2 Å². The summed E-state index contributed by atoms with van der Waals surface area (Å²) in [6.07, 6.45) is 16.3. The minimum atomic E-state index is -0.816. The molecule has 0 spiro atoms. The highest BCUT2D eigenvalue weighted by Crippen LogP contribution is 2.32. The first-order valence-electron chi connectivity index (χ1n) is 8.64. The van der Waals surface area contributed by atoms with Crippen molar-refractivity contribution >= 4 is 0 Å². The van der Waals surface area contributed by atoms with Crippen LogP contribution in [-0.4, -0.2) is 16.8 Å². The first-order valence-corrected chi connectivity index (χ1v) is 8.64. The molecule has 1 aromatic rings. The molecular weight excluding hydrogens is 264 g/mol. The van der Waals surface area contributed by atoms with Gasteiger partial charge in [0.2, 0.25) is 0 Å². The van der Waals surface area contributed by atoms with Crippen molar-refractivity contribution in [2.75, 3.05) is 7.11 Å². The maximum atomic E-state index is 10.4. The topological polar surface area (TPSA) is 38.3 Å². The van der Waals surface area contributed by atoms with Gasteiger partial charge < -0.3 is 9.84 Å².